The Morgan fingerprint density at radius 1 is 1.14 bits per heavy atom. The van der Waals surface area contributed by atoms with Gasteiger partial charge in [-0.2, -0.15) is 23.1 Å². The van der Waals surface area contributed by atoms with Crippen LogP contribution in [0.5, 0.6) is 11.8 Å². The van der Waals surface area contributed by atoms with E-state index >= 15 is 0 Å². The van der Waals surface area contributed by atoms with Crippen molar-refractivity contribution in [1.29, 1.82) is 0 Å². The highest BCUT2D eigenvalue weighted by atomic mass is 19.4. The molecule has 2 bridgehead atoms. The van der Waals surface area contributed by atoms with E-state index in [1.165, 1.54) is 4.68 Å². The van der Waals surface area contributed by atoms with Gasteiger partial charge in [0.05, 0.1) is 11.6 Å². The number of aromatic nitrogens is 5. The zero-order chi connectivity index (χ0) is 24.9. The second-order valence-corrected chi connectivity index (χ2v) is 9.29. The number of piperidine rings is 1. The lowest BCUT2D eigenvalue weighted by Crippen LogP contribution is -2.48. The minimum atomic E-state index is -4.84. The molecule has 0 amide bonds. The van der Waals surface area contributed by atoms with Crippen molar-refractivity contribution in [2.24, 2.45) is 11.8 Å². The molecule has 35 heavy (non-hydrogen) atoms. The average molecular weight is 495 g/mol. The van der Waals surface area contributed by atoms with Crippen molar-refractivity contribution in [3.05, 3.63) is 35.4 Å². The Bertz CT molecular complexity index is 1190. The van der Waals surface area contributed by atoms with Crippen molar-refractivity contribution in [2.75, 3.05) is 23.3 Å². The minimum Gasteiger partial charge on any atom is -0.424 e. The van der Waals surface area contributed by atoms with Crippen LogP contribution in [0.15, 0.2) is 22.7 Å². The molecule has 0 spiro atoms. The summed E-state index contributed by atoms with van der Waals surface area (Å²) in [5.74, 6) is -0.00808. The quantitative estimate of drug-likeness (QED) is 0.486. The monoisotopic (exact) mass is 495 g/mol. The first kappa shape index (κ1) is 23.4. The summed E-state index contributed by atoms with van der Waals surface area (Å²) in [6.07, 6.45) is -2.79. The standard InChI is InChI=1S/C22H25F4N7O2/c1-11(2)33-21(34-15-6-7-17(23)16(8-15)22(24,25)26)29-19(30-33)28-18-13-4-5-14(18)10-32(9-13)20-27-12(3)31-35-20/h6-8,11,13-14,18H,4-5,9-10H2,1-3H3,(H,28,30)/t13-,14+,18?. The Morgan fingerprint density at radius 3 is 2.46 bits per heavy atom. The molecule has 0 radical (unpaired) electrons. The van der Waals surface area contributed by atoms with Crippen molar-refractivity contribution in [2.45, 2.75) is 51.9 Å². The van der Waals surface area contributed by atoms with Crippen molar-refractivity contribution >= 4 is 12.0 Å². The largest absolute Gasteiger partial charge is 0.424 e. The van der Waals surface area contributed by atoms with Crippen LogP contribution in [0.1, 0.15) is 44.1 Å². The lowest BCUT2D eigenvalue weighted by Gasteiger charge is -2.37. The van der Waals surface area contributed by atoms with Gasteiger partial charge in [-0.1, -0.05) is 5.16 Å². The summed E-state index contributed by atoms with van der Waals surface area (Å²) in [7, 11) is 0. The van der Waals surface area contributed by atoms with Crippen LogP contribution in [0, 0.1) is 24.6 Å². The van der Waals surface area contributed by atoms with E-state index in [9.17, 15) is 17.6 Å². The highest BCUT2D eigenvalue weighted by Gasteiger charge is 2.44. The molecular formula is C22H25F4N7O2. The molecule has 1 aromatic carbocycles. The number of hydrogen-bond acceptors (Lipinski definition) is 8. The zero-order valence-corrected chi connectivity index (χ0v) is 19.4. The fourth-order valence-electron chi connectivity index (χ4n) is 4.84. The van der Waals surface area contributed by atoms with E-state index in [1.807, 2.05) is 13.8 Å². The molecule has 1 unspecified atom stereocenters. The number of nitrogens with one attached hydrogen (secondary N) is 1. The third-order valence-corrected chi connectivity index (χ3v) is 6.46. The fraction of sp³-hybridized carbons (Fsp3) is 0.545. The molecule has 1 saturated carbocycles. The van der Waals surface area contributed by atoms with E-state index in [1.54, 1.807) is 6.92 Å². The van der Waals surface area contributed by atoms with E-state index in [0.717, 1.165) is 38.1 Å². The molecule has 5 rings (SSSR count). The Balaban J connectivity index is 1.34. The molecule has 3 aromatic rings. The van der Waals surface area contributed by atoms with Gasteiger partial charge in [0.15, 0.2) is 5.82 Å². The average Bonchev–Trinajstić information content (AvgIpc) is 3.45. The first-order valence-corrected chi connectivity index (χ1v) is 11.4. The number of benzene rings is 1. The second-order valence-electron chi connectivity index (χ2n) is 9.29. The van der Waals surface area contributed by atoms with E-state index < -0.39 is 17.6 Å². The van der Waals surface area contributed by atoms with Gasteiger partial charge in [0, 0.05) is 19.1 Å². The fourth-order valence-corrected chi connectivity index (χ4v) is 4.84. The first-order valence-electron chi connectivity index (χ1n) is 11.4. The third kappa shape index (κ3) is 4.63. The second kappa shape index (κ2) is 8.68. The van der Waals surface area contributed by atoms with Crippen LogP contribution < -0.4 is 15.0 Å². The van der Waals surface area contributed by atoms with Crippen LogP contribution in [0.3, 0.4) is 0 Å². The topological polar surface area (TPSA) is 94.1 Å². The number of ether oxygens (including phenoxy) is 1. The summed E-state index contributed by atoms with van der Waals surface area (Å²) < 4.78 is 65.4. The molecule has 188 valence electrons. The van der Waals surface area contributed by atoms with Crippen LogP contribution in [0.25, 0.3) is 0 Å². The Morgan fingerprint density at radius 2 is 1.86 bits per heavy atom. The van der Waals surface area contributed by atoms with Gasteiger partial charge in [0.1, 0.15) is 11.6 Å². The maximum Gasteiger partial charge on any atom is 0.419 e. The summed E-state index contributed by atoms with van der Waals surface area (Å²) in [4.78, 5) is 10.8. The highest BCUT2D eigenvalue weighted by Crippen LogP contribution is 2.40. The first-order chi connectivity index (χ1) is 16.6. The van der Waals surface area contributed by atoms with Gasteiger partial charge >= 0.3 is 18.2 Å². The summed E-state index contributed by atoms with van der Waals surface area (Å²) in [5.41, 5.74) is -1.40. The molecule has 13 heteroatoms. The van der Waals surface area contributed by atoms with Gasteiger partial charge in [0.2, 0.25) is 5.95 Å². The van der Waals surface area contributed by atoms with Crippen molar-refractivity contribution in [3.8, 4) is 11.8 Å². The van der Waals surface area contributed by atoms with Gasteiger partial charge in [-0.25, -0.2) is 9.07 Å². The molecule has 2 aliphatic rings. The molecule has 3 atom stereocenters. The predicted molar refractivity (Wildman–Crippen MR) is 117 cm³/mol. The molecule has 2 fully saturated rings. The van der Waals surface area contributed by atoms with Gasteiger partial charge in [0.25, 0.3) is 0 Å². The summed E-state index contributed by atoms with van der Waals surface area (Å²) in [5, 5.41) is 11.8. The van der Waals surface area contributed by atoms with Crippen molar-refractivity contribution in [1.82, 2.24) is 24.9 Å². The number of alkyl halides is 3. The van der Waals surface area contributed by atoms with Gasteiger partial charge in [-0.05, 0) is 63.6 Å². The van der Waals surface area contributed by atoms with Crippen LogP contribution in [-0.2, 0) is 6.18 Å². The van der Waals surface area contributed by atoms with E-state index in [0.29, 0.717) is 35.7 Å². The Hall–Kier alpha value is -3.38. The molecule has 1 aliphatic heterocycles. The van der Waals surface area contributed by atoms with Crippen LogP contribution in [0.4, 0.5) is 29.5 Å². The zero-order valence-electron chi connectivity index (χ0n) is 19.4. The van der Waals surface area contributed by atoms with Crippen LogP contribution in [-0.4, -0.2) is 44.0 Å². The maximum atomic E-state index is 13.7. The molecular weight excluding hydrogens is 470 g/mol. The number of fused-ring (bicyclic) bond motifs is 2. The smallest absolute Gasteiger partial charge is 0.419 e. The number of rotatable bonds is 6. The number of nitrogens with zero attached hydrogens (tertiary/aromatic N) is 6. The lowest BCUT2D eigenvalue weighted by atomic mass is 9.92. The van der Waals surface area contributed by atoms with Gasteiger partial charge < -0.3 is 19.5 Å². The van der Waals surface area contributed by atoms with Crippen molar-refractivity contribution < 1.29 is 26.8 Å². The van der Waals surface area contributed by atoms with E-state index in [-0.39, 0.29) is 23.8 Å². The van der Waals surface area contributed by atoms with Crippen LogP contribution >= 0.6 is 0 Å². The Labute approximate surface area is 198 Å². The predicted octanol–water partition coefficient (Wildman–Crippen LogP) is 4.83. The molecule has 9 nitrogen and oxygen atoms in total. The lowest BCUT2D eigenvalue weighted by molar-refractivity contribution is -0.140. The summed E-state index contributed by atoms with van der Waals surface area (Å²) in [6.45, 7) is 6.99. The molecule has 3 heterocycles. The summed E-state index contributed by atoms with van der Waals surface area (Å²) >= 11 is 0. The number of aryl methyl sites for hydroxylation is 1. The number of anilines is 2. The molecule has 1 N–H and O–H groups in total. The molecule has 2 aromatic heterocycles. The Kier molecular flexibility index (Phi) is 5.80. The minimum absolute atomic E-state index is 0.0216. The van der Waals surface area contributed by atoms with Gasteiger partial charge in [-0.15, -0.1) is 5.10 Å². The van der Waals surface area contributed by atoms with Crippen molar-refractivity contribution in [3.63, 3.8) is 0 Å². The molecule has 1 aliphatic carbocycles. The SMILES string of the molecule is Cc1noc(N2C[C@H]3CC[C@@H](C2)C3Nc2nc(Oc3ccc(F)c(C(F)(F)F)c3)n(C(C)C)n2)n1. The normalized spacial score (nSPS) is 22.2. The third-order valence-electron chi connectivity index (χ3n) is 6.46. The maximum absolute atomic E-state index is 13.7. The number of halogens is 4. The summed E-state index contributed by atoms with van der Waals surface area (Å²) in [6, 6.07) is 2.97. The highest BCUT2D eigenvalue weighted by molar-refractivity contribution is 5.37. The molecule has 1 saturated heterocycles. The number of hydrogen-bond donors (Lipinski definition) is 1. The van der Waals surface area contributed by atoms with E-state index in [4.69, 9.17) is 9.26 Å². The van der Waals surface area contributed by atoms with Gasteiger partial charge in [-0.3, -0.25) is 0 Å². The van der Waals surface area contributed by atoms with E-state index in [2.05, 4.69) is 30.4 Å². The van der Waals surface area contributed by atoms with Crippen LogP contribution in [0.2, 0.25) is 0 Å².